The molecule has 0 spiro atoms. The highest BCUT2D eigenvalue weighted by Crippen LogP contribution is 2.14. The molecule has 1 aliphatic heterocycles. The molecule has 1 fully saturated rings. The molecule has 3 rings (SSSR count). The third-order valence-corrected chi connectivity index (χ3v) is 5.32. The van der Waals surface area contributed by atoms with Crippen LogP contribution in [0, 0.1) is 13.8 Å². The Morgan fingerprint density at radius 1 is 1.14 bits per heavy atom. The summed E-state index contributed by atoms with van der Waals surface area (Å²) < 4.78 is 1.81. The summed E-state index contributed by atoms with van der Waals surface area (Å²) in [5.74, 6) is 0.0691. The maximum atomic E-state index is 12.8. The number of H-pyrrole nitrogens is 2. The Morgan fingerprint density at radius 2 is 1.93 bits per heavy atom. The van der Waals surface area contributed by atoms with E-state index in [4.69, 9.17) is 0 Å². The highest BCUT2D eigenvalue weighted by molar-refractivity contribution is 5.76. The van der Waals surface area contributed by atoms with Gasteiger partial charge < -0.3 is 9.88 Å². The highest BCUT2D eigenvalue weighted by atomic mass is 16.2. The lowest BCUT2D eigenvalue weighted by Gasteiger charge is -2.22. The van der Waals surface area contributed by atoms with Gasteiger partial charge in [0, 0.05) is 50.2 Å². The first-order chi connectivity index (χ1) is 13.4. The third-order valence-electron chi connectivity index (χ3n) is 5.32. The number of hydrogen-bond donors (Lipinski definition) is 2. The molecule has 0 radical (unpaired) electrons. The molecule has 0 aliphatic carbocycles. The molecule has 3 heterocycles. The zero-order chi connectivity index (χ0) is 20.3. The summed E-state index contributed by atoms with van der Waals surface area (Å²) >= 11 is 0. The lowest BCUT2D eigenvalue weighted by molar-refractivity contribution is -0.131. The van der Waals surface area contributed by atoms with E-state index in [0.29, 0.717) is 31.9 Å². The van der Waals surface area contributed by atoms with Crippen molar-refractivity contribution < 1.29 is 4.79 Å². The Balaban J connectivity index is 1.61. The van der Waals surface area contributed by atoms with Crippen molar-refractivity contribution in [3.63, 3.8) is 0 Å². The van der Waals surface area contributed by atoms with Crippen LogP contribution in [0.3, 0.4) is 0 Å². The van der Waals surface area contributed by atoms with Crippen molar-refractivity contribution in [1.29, 1.82) is 0 Å². The molecule has 152 valence electrons. The van der Waals surface area contributed by atoms with Crippen molar-refractivity contribution in [1.82, 2.24) is 29.5 Å². The minimum atomic E-state index is -0.495. The highest BCUT2D eigenvalue weighted by Gasteiger charge is 2.21. The van der Waals surface area contributed by atoms with Crippen LogP contribution in [-0.4, -0.2) is 61.6 Å². The number of aryl methyl sites for hydroxylation is 1. The van der Waals surface area contributed by atoms with Gasteiger partial charge in [0.1, 0.15) is 6.54 Å². The summed E-state index contributed by atoms with van der Waals surface area (Å²) in [5.41, 5.74) is 2.95. The Kier molecular flexibility index (Phi) is 6.13. The van der Waals surface area contributed by atoms with E-state index >= 15 is 0 Å². The summed E-state index contributed by atoms with van der Waals surface area (Å²) in [6, 6.07) is 1.41. The van der Waals surface area contributed by atoms with Crippen LogP contribution >= 0.6 is 0 Å². The summed E-state index contributed by atoms with van der Waals surface area (Å²) in [6.07, 6.45) is 1.76. The minimum Gasteiger partial charge on any atom is -0.340 e. The van der Waals surface area contributed by atoms with Crippen molar-refractivity contribution in [2.45, 2.75) is 46.7 Å². The number of nitrogens with zero attached hydrogens (tertiary/aromatic N) is 4. The number of aromatic amines is 2. The van der Waals surface area contributed by atoms with Crippen LogP contribution < -0.4 is 11.2 Å². The van der Waals surface area contributed by atoms with Crippen molar-refractivity contribution in [3.05, 3.63) is 49.5 Å². The molecule has 28 heavy (non-hydrogen) atoms. The van der Waals surface area contributed by atoms with Gasteiger partial charge in [-0.2, -0.15) is 5.10 Å². The third kappa shape index (κ3) is 4.59. The second-order valence-electron chi connectivity index (χ2n) is 7.28. The van der Waals surface area contributed by atoms with Gasteiger partial charge in [0.2, 0.25) is 5.91 Å². The number of aromatic nitrogens is 4. The topological polar surface area (TPSA) is 107 Å². The molecule has 9 nitrogen and oxygen atoms in total. The number of rotatable bonds is 5. The lowest BCUT2D eigenvalue weighted by atomic mass is 10.1. The molecule has 0 saturated carbocycles. The molecular formula is C19H28N6O3. The molecule has 0 bridgehead atoms. The monoisotopic (exact) mass is 388 g/mol. The Hall–Kier alpha value is -2.68. The normalized spacial score (nSPS) is 15.6. The Bertz CT molecular complexity index is 929. The zero-order valence-electron chi connectivity index (χ0n) is 16.7. The fourth-order valence-corrected chi connectivity index (χ4v) is 3.85. The fraction of sp³-hybridized carbons (Fsp3) is 0.579. The van der Waals surface area contributed by atoms with E-state index in [-0.39, 0.29) is 12.5 Å². The van der Waals surface area contributed by atoms with E-state index in [0.717, 1.165) is 30.8 Å². The number of hydrogen-bond acceptors (Lipinski definition) is 5. The summed E-state index contributed by atoms with van der Waals surface area (Å²) in [5, 5.41) is 4.52. The van der Waals surface area contributed by atoms with Crippen LogP contribution in [-0.2, 0) is 24.3 Å². The predicted octanol–water partition coefficient (Wildman–Crippen LogP) is 0.173. The maximum Gasteiger partial charge on any atom is 0.325 e. The van der Waals surface area contributed by atoms with Crippen molar-refractivity contribution in [2.24, 2.45) is 0 Å². The van der Waals surface area contributed by atoms with Gasteiger partial charge in [-0.05, 0) is 32.3 Å². The quantitative estimate of drug-likeness (QED) is 0.760. The SMILES string of the molecule is CCc1c(C)nn(CC(=O)N2CCCN(Cc3cc(=O)[nH]c(=O)[nH]3)CC2)c1C. The van der Waals surface area contributed by atoms with Crippen LogP contribution in [0.15, 0.2) is 15.7 Å². The van der Waals surface area contributed by atoms with Gasteiger partial charge in [0.15, 0.2) is 0 Å². The number of carbonyl (C=O) groups excluding carboxylic acids is 1. The van der Waals surface area contributed by atoms with Gasteiger partial charge >= 0.3 is 5.69 Å². The molecule has 2 N–H and O–H groups in total. The van der Waals surface area contributed by atoms with Gasteiger partial charge in [0.05, 0.1) is 5.69 Å². The molecule has 1 saturated heterocycles. The van der Waals surface area contributed by atoms with E-state index < -0.39 is 11.2 Å². The second kappa shape index (κ2) is 8.55. The molecule has 1 aliphatic rings. The molecule has 2 aromatic rings. The van der Waals surface area contributed by atoms with Gasteiger partial charge in [0.25, 0.3) is 5.56 Å². The fourth-order valence-electron chi connectivity index (χ4n) is 3.85. The van der Waals surface area contributed by atoms with Crippen LogP contribution in [0.4, 0.5) is 0 Å². The number of carbonyl (C=O) groups is 1. The number of amides is 1. The first-order valence-electron chi connectivity index (χ1n) is 9.73. The van der Waals surface area contributed by atoms with Gasteiger partial charge in [-0.3, -0.25) is 24.2 Å². The second-order valence-corrected chi connectivity index (χ2v) is 7.28. The van der Waals surface area contributed by atoms with E-state index in [1.54, 1.807) is 4.68 Å². The van der Waals surface area contributed by atoms with E-state index in [2.05, 4.69) is 26.9 Å². The molecule has 9 heteroatoms. The molecular weight excluding hydrogens is 360 g/mol. The zero-order valence-corrected chi connectivity index (χ0v) is 16.7. The molecule has 0 unspecified atom stereocenters. The van der Waals surface area contributed by atoms with Crippen molar-refractivity contribution in [3.8, 4) is 0 Å². The van der Waals surface area contributed by atoms with Crippen LogP contribution in [0.1, 0.15) is 36.0 Å². The summed E-state index contributed by atoms with van der Waals surface area (Å²) in [6.45, 7) is 9.64. The maximum absolute atomic E-state index is 12.8. The van der Waals surface area contributed by atoms with Gasteiger partial charge in [-0.25, -0.2) is 4.79 Å². The average molecular weight is 388 g/mol. The Labute approximate surface area is 163 Å². The lowest BCUT2D eigenvalue weighted by Crippen LogP contribution is -2.37. The molecule has 2 aromatic heterocycles. The largest absolute Gasteiger partial charge is 0.340 e. The molecule has 0 aromatic carbocycles. The minimum absolute atomic E-state index is 0.0691. The average Bonchev–Trinajstić information content (AvgIpc) is 2.78. The van der Waals surface area contributed by atoms with Crippen molar-refractivity contribution >= 4 is 5.91 Å². The smallest absolute Gasteiger partial charge is 0.325 e. The van der Waals surface area contributed by atoms with Gasteiger partial charge in [-0.1, -0.05) is 6.92 Å². The first kappa shape index (κ1) is 20.1. The first-order valence-corrected chi connectivity index (χ1v) is 9.73. The Morgan fingerprint density at radius 3 is 2.61 bits per heavy atom. The summed E-state index contributed by atoms with van der Waals surface area (Å²) in [7, 11) is 0. The van der Waals surface area contributed by atoms with Crippen LogP contribution in [0.25, 0.3) is 0 Å². The van der Waals surface area contributed by atoms with E-state index in [1.807, 2.05) is 18.7 Å². The van der Waals surface area contributed by atoms with E-state index in [1.165, 1.54) is 11.6 Å². The van der Waals surface area contributed by atoms with Crippen molar-refractivity contribution in [2.75, 3.05) is 26.2 Å². The molecule has 1 amide bonds. The van der Waals surface area contributed by atoms with Gasteiger partial charge in [-0.15, -0.1) is 0 Å². The standard InChI is InChI=1S/C19H28N6O3/c1-4-16-13(2)22-25(14(16)3)12-18(27)24-7-5-6-23(8-9-24)11-15-10-17(26)21-19(28)20-15/h10H,4-9,11-12H2,1-3H3,(H2,20,21,26,28). The van der Waals surface area contributed by atoms with Crippen LogP contribution in [0.2, 0.25) is 0 Å². The predicted molar refractivity (Wildman–Crippen MR) is 105 cm³/mol. The number of nitrogens with one attached hydrogen (secondary N) is 2. The molecule has 0 atom stereocenters. The summed E-state index contributed by atoms with van der Waals surface area (Å²) in [4.78, 5) is 44.5. The van der Waals surface area contributed by atoms with E-state index in [9.17, 15) is 14.4 Å². The van der Waals surface area contributed by atoms with Crippen LogP contribution in [0.5, 0.6) is 0 Å².